The molecule has 0 amide bonds. The second kappa shape index (κ2) is 5.63. The van der Waals surface area contributed by atoms with Gasteiger partial charge in [0.25, 0.3) is 0 Å². The SMILES string of the molecule is CC1(C)COC2(C[C@@H]3CC(=O)C(S(=O)(=O)c4ccccc4)[C@@H]3C2)OC1. The zero-order valence-electron chi connectivity index (χ0n) is 14.6. The van der Waals surface area contributed by atoms with Crippen LogP contribution in [0.15, 0.2) is 35.2 Å². The van der Waals surface area contributed by atoms with Crippen LogP contribution in [0.2, 0.25) is 0 Å². The van der Waals surface area contributed by atoms with Gasteiger partial charge in [-0.3, -0.25) is 4.79 Å². The summed E-state index contributed by atoms with van der Waals surface area (Å²) in [6, 6.07) is 8.28. The van der Waals surface area contributed by atoms with E-state index >= 15 is 0 Å². The van der Waals surface area contributed by atoms with Gasteiger partial charge in [-0.15, -0.1) is 0 Å². The van der Waals surface area contributed by atoms with Crippen LogP contribution >= 0.6 is 0 Å². The number of hydrogen-bond acceptors (Lipinski definition) is 5. The Morgan fingerprint density at radius 3 is 2.32 bits per heavy atom. The van der Waals surface area contributed by atoms with Gasteiger partial charge >= 0.3 is 0 Å². The first-order chi connectivity index (χ1) is 11.7. The second-order valence-corrected chi connectivity index (χ2v) is 10.5. The van der Waals surface area contributed by atoms with Gasteiger partial charge in [-0.1, -0.05) is 32.0 Å². The highest BCUT2D eigenvalue weighted by molar-refractivity contribution is 7.92. The van der Waals surface area contributed by atoms with Crippen molar-refractivity contribution in [3.63, 3.8) is 0 Å². The van der Waals surface area contributed by atoms with Gasteiger partial charge in [0.2, 0.25) is 0 Å². The minimum Gasteiger partial charge on any atom is -0.349 e. The Kier molecular flexibility index (Phi) is 3.87. The lowest BCUT2D eigenvalue weighted by molar-refractivity contribution is -0.297. The molecule has 4 rings (SSSR count). The van der Waals surface area contributed by atoms with Crippen molar-refractivity contribution in [3.8, 4) is 0 Å². The van der Waals surface area contributed by atoms with Crippen LogP contribution in [-0.2, 0) is 24.1 Å². The zero-order chi connectivity index (χ0) is 17.9. The maximum Gasteiger partial charge on any atom is 0.188 e. The Bertz CT molecular complexity index is 773. The van der Waals surface area contributed by atoms with Gasteiger partial charge in [-0.05, 0) is 24.0 Å². The Morgan fingerprint density at radius 1 is 1.04 bits per heavy atom. The predicted molar refractivity (Wildman–Crippen MR) is 91.7 cm³/mol. The van der Waals surface area contributed by atoms with Gasteiger partial charge in [-0.25, -0.2) is 8.42 Å². The van der Waals surface area contributed by atoms with Crippen LogP contribution < -0.4 is 0 Å². The summed E-state index contributed by atoms with van der Waals surface area (Å²) in [4.78, 5) is 12.7. The first-order valence-corrected chi connectivity index (χ1v) is 10.4. The first kappa shape index (κ1) is 17.2. The molecule has 0 aromatic heterocycles. The van der Waals surface area contributed by atoms with E-state index in [1.165, 1.54) is 0 Å². The van der Waals surface area contributed by atoms with E-state index in [0.717, 1.165) is 0 Å². The zero-order valence-corrected chi connectivity index (χ0v) is 15.4. The molecular weight excluding hydrogens is 340 g/mol. The van der Waals surface area contributed by atoms with E-state index in [-0.39, 0.29) is 27.9 Å². The molecule has 6 heteroatoms. The van der Waals surface area contributed by atoms with Crippen molar-refractivity contribution < 1.29 is 22.7 Å². The minimum absolute atomic E-state index is 0.0252. The summed E-state index contributed by atoms with van der Waals surface area (Å²) in [5.41, 5.74) is -0.0334. The molecule has 3 fully saturated rings. The minimum atomic E-state index is -3.68. The molecule has 2 aliphatic carbocycles. The summed E-state index contributed by atoms with van der Waals surface area (Å²) in [6.45, 7) is 5.36. The van der Waals surface area contributed by atoms with E-state index in [1.807, 2.05) is 0 Å². The van der Waals surface area contributed by atoms with E-state index in [4.69, 9.17) is 9.47 Å². The van der Waals surface area contributed by atoms with Crippen molar-refractivity contribution in [3.05, 3.63) is 30.3 Å². The lowest BCUT2D eigenvalue weighted by Crippen LogP contribution is -2.47. The van der Waals surface area contributed by atoms with E-state index in [1.54, 1.807) is 30.3 Å². The first-order valence-electron chi connectivity index (χ1n) is 8.82. The Labute approximate surface area is 148 Å². The monoisotopic (exact) mass is 364 g/mol. The van der Waals surface area contributed by atoms with Crippen LogP contribution in [0, 0.1) is 17.3 Å². The van der Waals surface area contributed by atoms with E-state index in [0.29, 0.717) is 32.5 Å². The maximum absolute atomic E-state index is 13.1. The fourth-order valence-electron chi connectivity index (χ4n) is 4.48. The molecule has 1 heterocycles. The van der Waals surface area contributed by atoms with E-state index in [2.05, 4.69) is 13.8 Å². The molecule has 25 heavy (non-hydrogen) atoms. The van der Waals surface area contributed by atoms with Crippen LogP contribution in [0.4, 0.5) is 0 Å². The van der Waals surface area contributed by atoms with Gasteiger partial charge < -0.3 is 9.47 Å². The van der Waals surface area contributed by atoms with Gasteiger partial charge in [0, 0.05) is 24.7 Å². The summed E-state index contributed by atoms with van der Waals surface area (Å²) >= 11 is 0. The van der Waals surface area contributed by atoms with Crippen molar-refractivity contribution in [2.24, 2.45) is 17.3 Å². The number of sulfone groups is 1. The fourth-order valence-corrected chi connectivity index (χ4v) is 6.53. The van der Waals surface area contributed by atoms with Gasteiger partial charge in [-0.2, -0.15) is 0 Å². The molecular formula is C19H24O5S. The molecule has 1 aromatic carbocycles. The number of Topliss-reactive ketones (excluding diaryl/α,β-unsaturated/α-hetero) is 1. The third kappa shape index (κ3) is 2.84. The molecule has 136 valence electrons. The third-order valence-electron chi connectivity index (χ3n) is 5.75. The number of carbonyl (C=O) groups excluding carboxylic acids is 1. The van der Waals surface area contributed by atoms with Crippen LogP contribution in [0.1, 0.15) is 33.1 Å². The average Bonchev–Trinajstić information content (AvgIpc) is 3.04. The Hall–Kier alpha value is -1.24. The summed E-state index contributed by atoms with van der Waals surface area (Å²) in [6.07, 6.45) is 1.40. The van der Waals surface area contributed by atoms with Crippen LogP contribution in [0.25, 0.3) is 0 Å². The van der Waals surface area contributed by atoms with Crippen molar-refractivity contribution in [1.82, 2.24) is 0 Å². The summed E-state index contributed by atoms with van der Waals surface area (Å²) in [5, 5.41) is -0.971. The van der Waals surface area contributed by atoms with Crippen LogP contribution in [0.3, 0.4) is 0 Å². The Balaban J connectivity index is 1.61. The molecule has 0 radical (unpaired) electrons. The lowest BCUT2D eigenvalue weighted by atomic mass is 9.94. The molecule has 1 aromatic rings. The van der Waals surface area contributed by atoms with Crippen LogP contribution in [0.5, 0.6) is 0 Å². The number of fused-ring (bicyclic) bond motifs is 1. The number of benzene rings is 1. The molecule has 0 bridgehead atoms. The van der Waals surface area contributed by atoms with Crippen molar-refractivity contribution in [2.45, 2.75) is 49.0 Å². The van der Waals surface area contributed by atoms with Crippen molar-refractivity contribution in [1.29, 1.82) is 0 Å². The lowest BCUT2D eigenvalue weighted by Gasteiger charge is -2.42. The number of ketones is 1. The number of rotatable bonds is 2. The predicted octanol–water partition coefficient (Wildman–Crippen LogP) is 2.60. The molecule has 1 spiro atoms. The summed E-state index contributed by atoms with van der Waals surface area (Å²) < 4.78 is 38.2. The standard InChI is InChI=1S/C19H24O5S/c1-18(2)11-23-19(24-12-18)9-13-8-16(20)17(15(13)10-19)25(21,22)14-6-4-3-5-7-14/h3-7,13,15,17H,8-12H2,1-2H3/t13-,15+,17?/m0/s1. The normalized spacial score (nSPS) is 33.5. The molecule has 0 N–H and O–H groups in total. The summed E-state index contributed by atoms with van der Waals surface area (Å²) in [7, 11) is -3.68. The fraction of sp³-hybridized carbons (Fsp3) is 0.632. The second-order valence-electron chi connectivity index (χ2n) is 8.43. The highest BCUT2D eigenvalue weighted by Crippen LogP contribution is 2.53. The quantitative estimate of drug-likeness (QED) is 0.807. The average molecular weight is 364 g/mol. The van der Waals surface area contributed by atoms with Gasteiger partial charge in [0.1, 0.15) is 5.25 Å². The summed E-state index contributed by atoms with van der Waals surface area (Å²) in [5.74, 6) is -1.07. The highest BCUT2D eigenvalue weighted by Gasteiger charge is 2.60. The number of carbonyl (C=O) groups is 1. The van der Waals surface area contributed by atoms with Gasteiger partial charge in [0.15, 0.2) is 21.4 Å². The number of ether oxygens (including phenoxy) is 2. The molecule has 3 atom stereocenters. The topological polar surface area (TPSA) is 69.7 Å². The highest BCUT2D eigenvalue weighted by atomic mass is 32.2. The Morgan fingerprint density at radius 2 is 1.68 bits per heavy atom. The largest absolute Gasteiger partial charge is 0.349 e. The smallest absolute Gasteiger partial charge is 0.188 e. The van der Waals surface area contributed by atoms with Crippen LogP contribution in [-0.4, -0.2) is 38.5 Å². The molecule has 1 unspecified atom stereocenters. The maximum atomic E-state index is 13.1. The van der Waals surface area contributed by atoms with Crippen molar-refractivity contribution >= 4 is 15.6 Å². The third-order valence-corrected chi connectivity index (χ3v) is 7.96. The van der Waals surface area contributed by atoms with E-state index < -0.39 is 20.9 Å². The van der Waals surface area contributed by atoms with Gasteiger partial charge in [0.05, 0.1) is 18.1 Å². The van der Waals surface area contributed by atoms with Crippen molar-refractivity contribution in [2.75, 3.05) is 13.2 Å². The molecule has 2 saturated carbocycles. The molecule has 1 saturated heterocycles. The van der Waals surface area contributed by atoms with E-state index in [9.17, 15) is 13.2 Å². The molecule has 1 aliphatic heterocycles. The number of hydrogen-bond donors (Lipinski definition) is 0. The molecule has 5 nitrogen and oxygen atoms in total. The molecule has 3 aliphatic rings.